The Bertz CT molecular complexity index is 732. The zero-order valence-electron chi connectivity index (χ0n) is 22.1. The fraction of sp³-hybridized carbons (Fsp3) is 0.731. The van der Waals surface area contributed by atoms with E-state index in [-0.39, 0.29) is 42.6 Å². The number of hydrogen-bond acceptors (Lipinski definition) is 5. The van der Waals surface area contributed by atoms with Gasteiger partial charge >= 0.3 is 6.18 Å². The Morgan fingerprint density at radius 1 is 1.19 bits per heavy atom. The van der Waals surface area contributed by atoms with Crippen molar-refractivity contribution in [2.45, 2.75) is 110 Å². The average Bonchev–Trinajstić information content (AvgIpc) is 2.84. The number of hydrogen-bond donors (Lipinski definition) is 4. The number of aliphatic hydroxyl groups excluding tert-OH is 2. The normalized spacial score (nSPS) is 19.2. The third-order valence-electron chi connectivity index (χ3n) is 5.59. The number of alkyl halides is 3. The number of amides is 1. The third-order valence-corrected chi connectivity index (χ3v) is 5.59. The highest BCUT2D eigenvalue weighted by Gasteiger charge is 2.31. The molecular weight excluding hydrogens is 480 g/mol. The first-order valence-corrected chi connectivity index (χ1v) is 12.8. The van der Waals surface area contributed by atoms with E-state index in [1.807, 2.05) is 27.7 Å². The molecule has 0 spiro atoms. The van der Waals surface area contributed by atoms with E-state index in [0.29, 0.717) is 25.7 Å². The number of nitrogens with one attached hydrogen (secondary N) is 2. The Kier molecular flexibility index (Phi) is 17.6. The fourth-order valence-electron chi connectivity index (χ4n) is 3.34. The molecule has 1 amide bonds. The quantitative estimate of drug-likeness (QED) is 0.325. The number of aliphatic hydroxyl groups is 2. The van der Waals surface area contributed by atoms with E-state index in [1.54, 1.807) is 6.92 Å². The Labute approximate surface area is 212 Å². The molecule has 4 atom stereocenters. The Morgan fingerprint density at radius 2 is 1.83 bits per heavy atom. The molecule has 0 radical (unpaired) electrons. The van der Waals surface area contributed by atoms with Crippen molar-refractivity contribution in [3.8, 4) is 0 Å². The lowest BCUT2D eigenvalue weighted by molar-refractivity contribution is -0.137. The van der Waals surface area contributed by atoms with E-state index in [1.165, 1.54) is 0 Å². The highest BCUT2D eigenvalue weighted by atomic mass is 19.4. The van der Waals surface area contributed by atoms with E-state index in [0.717, 1.165) is 37.8 Å². The second kappa shape index (κ2) is 18.5. The van der Waals surface area contributed by atoms with Crippen LogP contribution in [0.1, 0.15) is 84.3 Å². The Morgan fingerprint density at radius 3 is 2.36 bits per heavy atom. The van der Waals surface area contributed by atoms with Crippen LogP contribution in [0.4, 0.5) is 17.6 Å². The smallest absolute Gasteiger partial charge is 0.393 e. The molecule has 2 rings (SSSR count). The first kappa shape index (κ1) is 34.2. The van der Waals surface area contributed by atoms with Gasteiger partial charge < -0.3 is 25.6 Å². The van der Waals surface area contributed by atoms with Crippen molar-refractivity contribution in [3.05, 3.63) is 35.1 Å². The second-order valence-corrected chi connectivity index (χ2v) is 8.58. The summed E-state index contributed by atoms with van der Waals surface area (Å²) in [5, 5.41) is 24.2. The summed E-state index contributed by atoms with van der Waals surface area (Å²) in [7, 11) is 0. The Balaban J connectivity index is 0.00000156. The molecule has 3 unspecified atom stereocenters. The predicted octanol–water partition coefficient (Wildman–Crippen LogP) is 4.95. The number of halogens is 4. The topological polar surface area (TPSA) is 90.8 Å². The van der Waals surface area contributed by atoms with Gasteiger partial charge in [0, 0.05) is 31.7 Å². The van der Waals surface area contributed by atoms with E-state index >= 15 is 0 Å². The highest BCUT2D eigenvalue weighted by Crippen LogP contribution is 2.30. The van der Waals surface area contributed by atoms with Gasteiger partial charge in [-0.05, 0) is 62.8 Å². The lowest BCUT2D eigenvalue weighted by atomic mass is 10.0. The molecular formula is C26H44F4N2O4. The maximum atomic E-state index is 13.4. The summed E-state index contributed by atoms with van der Waals surface area (Å²) < 4.78 is 56.8. The van der Waals surface area contributed by atoms with Crippen molar-refractivity contribution in [2.24, 2.45) is 0 Å². The van der Waals surface area contributed by atoms with Crippen LogP contribution in [0.3, 0.4) is 0 Å². The first-order valence-electron chi connectivity index (χ1n) is 12.8. The Hall–Kier alpha value is -1.75. The summed E-state index contributed by atoms with van der Waals surface area (Å²) in [4.78, 5) is 12.0. The van der Waals surface area contributed by atoms with Gasteiger partial charge in [-0.3, -0.25) is 4.79 Å². The van der Waals surface area contributed by atoms with Crippen LogP contribution in [0.25, 0.3) is 0 Å². The van der Waals surface area contributed by atoms with Gasteiger partial charge in [-0.15, -0.1) is 0 Å². The van der Waals surface area contributed by atoms with Crippen LogP contribution in [0.15, 0.2) is 18.2 Å². The van der Waals surface area contributed by atoms with E-state index in [9.17, 15) is 27.5 Å². The van der Waals surface area contributed by atoms with Gasteiger partial charge in [0.2, 0.25) is 5.91 Å². The van der Waals surface area contributed by atoms with Crippen molar-refractivity contribution in [1.29, 1.82) is 0 Å². The van der Waals surface area contributed by atoms with Crippen molar-refractivity contribution in [1.82, 2.24) is 10.6 Å². The number of carbonyl (C=O) groups is 1. The maximum Gasteiger partial charge on any atom is 0.416 e. The zero-order valence-corrected chi connectivity index (χ0v) is 22.1. The number of benzene rings is 1. The summed E-state index contributed by atoms with van der Waals surface area (Å²) in [5.41, 5.74) is -1.01. The molecule has 0 bridgehead atoms. The van der Waals surface area contributed by atoms with Crippen LogP contribution in [0.2, 0.25) is 0 Å². The molecule has 1 aliphatic heterocycles. The molecule has 4 N–H and O–H groups in total. The van der Waals surface area contributed by atoms with E-state index in [4.69, 9.17) is 9.84 Å². The molecule has 0 saturated carbocycles. The average molecular weight is 525 g/mol. The standard InChI is InChI=1S/C20H28F4N2O3.C4H10O.C2H6/c1-2-16(26-17-6-7-29-12-18(17)27)4-3-5-19(28)25-11-13-8-14(20(22,23)24)10-15(21)9-13;1-3-4(2)5;1-2/h8-10,16-18,26-27H,2-7,11-12H2,1H3,(H,25,28);4-5H,3H2,1-2H3;1-2H3/t16-,17?,18?;;/m0../s1. The first-order chi connectivity index (χ1) is 17.0. The molecule has 210 valence electrons. The summed E-state index contributed by atoms with van der Waals surface area (Å²) >= 11 is 0. The van der Waals surface area contributed by atoms with Gasteiger partial charge in [0.15, 0.2) is 0 Å². The molecule has 1 fully saturated rings. The van der Waals surface area contributed by atoms with E-state index in [2.05, 4.69) is 10.6 Å². The number of rotatable bonds is 10. The minimum Gasteiger partial charge on any atom is -0.393 e. The molecule has 36 heavy (non-hydrogen) atoms. The molecule has 0 aromatic heterocycles. The monoisotopic (exact) mass is 524 g/mol. The molecule has 1 aromatic rings. The maximum absolute atomic E-state index is 13.4. The molecule has 0 aliphatic carbocycles. The third kappa shape index (κ3) is 14.7. The van der Waals surface area contributed by atoms with Crippen LogP contribution < -0.4 is 10.6 Å². The van der Waals surface area contributed by atoms with Gasteiger partial charge in [0.1, 0.15) is 5.82 Å². The minimum atomic E-state index is -4.64. The summed E-state index contributed by atoms with van der Waals surface area (Å²) in [6.07, 6.45) is -1.33. The molecule has 1 aromatic carbocycles. The zero-order chi connectivity index (χ0) is 27.7. The van der Waals surface area contributed by atoms with Crippen LogP contribution in [-0.4, -0.2) is 53.6 Å². The molecule has 1 saturated heterocycles. The minimum absolute atomic E-state index is 0.0293. The van der Waals surface area contributed by atoms with Crippen molar-refractivity contribution in [3.63, 3.8) is 0 Å². The highest BCUT2D eigenvalue weighted by molar-refractivity contribution is 5.75. The summed E-state index contributed by atoms with van der Waals surface area (Å²) in [6, 6.07) is 2.36. The van der Waals surface area contributed by atoms with Gasteiger partial charge in [-0.1, -0.05) is 27.7 Å². The predicted molar refractivity (Wildman–Crippen MR) is 133 cm³/mol. The van der Waals surface area contributed by atoms with E-state index < -0.39 is 23.7 Å². The van der Waals surface area contributed by atoms with Crippen LogP contribution in [0, 0.1) is 5.82 Å². The van der Waals surface area contributed by atoms with Gasteiger partial charge in [-0.25, -0.2) is 4.39 Å². The summed E-state index contributed by atoms with van der Waals surface area (Å²) in [6.45, 7) is 10.5. The lowest BCUT2D eigenvalue weighted by Crippen LogP contribution is -2.50. The molecule has 1 aliphatic rings. The van der Waals surface area contributed by atoms with Crippen molar-refractivity contribution >= 4 is 5.91 Å². The lowest BCUT2D eigenvalue weighted by Gasteiger charge is -2.32. The van der Waals surface area contributed by atoms with Crippen LogP contribution >= 0.6 is 0 Å². The number of carbonyl (C=O) groups excluding carboxylic acids is 1. The largest absolute Gasteiger partial charge is 0.416 e. The SMILES string of the molecule is CC.CCC(C)O.CC[C@@H](CCCC(=O)NCc1cc(F)cc(C(F)(F)F)c1)NC1CCOCC1O. The number of ether oxygens (including phenoxy) is 1. The van der Waals surface area contributed by atoms with Crippen molar-refractivity contribution in [2.75, 3.05) is 13.2 Å². The van der Waals surface area contributed by atoms with Gasteiger partial charge in [0.25, 0.3) is 0 Å². The van der Waals surface area contributed by atoms with Crippen LogP contribution in [-0.2, 0) is 22.3 Å². The molecule has 10 heteroatoms. The summed E-state index contributed by atoms with van der Waals surface area (Å²) in [5.74, 6) is -1.29. The van der Waals surface area contributed by atoms with Gasteiger partial charge in [-0.2, -0.15) is 13.2 Å². The van der Waals surface area contributed by atoms with Gasteiger partial charge in [0.05, 0.1) is 24.4 Å². The van der Waals surface area contributed by atoms with Crippen molar-refractivity contribution < 1.29 is 37.3 Å². The fourth-order valence-corrected chi connectivity index (χ4v) is 3.34. The van der Waals surface area contributed by atoms with Crippen LogP contribution in [0.5, 0.6) is 0 Å². The molecule has 1 heterocycles. The second-order valence-electron chi connectivity index (χ2n) is 8.58. The molecule has 6 nitrogen and oxygen atoms in total.